The van der Waals surface area contributed by atoms with E-state index in [-0.39, 0.29) is 10.5 Å². The second-order valence-corrected chi connectivity index (χ2v) is 9.82. The van der Waals surface area contributed by atoms with Crippen molar-refractivity contribution in [2.24, 2.45) is 5.14 Å². The lowest BCUT2D eigenvalue weighted by molar-refractivity contribution is -0.0716. The quantitative estimate of drug-likeness (QED) is 0.721. The Bertz CT molecular complexity index is 1150. The number of hydrogen-bond acceptors (Lipinski definition) is 7. The van der Waals surface area contributed by atoms with Gasteiger partial charge in [0.15, 0.2) is 11.5 Å². The summed E-state index contributed by atoms with van der Waals surface area (Å²) in [6, 6.07) is 9.60. The molecule has 5 rings (SSSR count). The van der Waals surface area contributed by atoms with Crippen LogP contribution in [0.15, 0.2) is 41.3 Å². The molecule has 2 aromatic rings. The van der Waals surface area contributed by atoms with Crippen LogP contribution in [0.5, 0.6) is 11.5 Å². The molecule has 2 aromatic carbocycles. The number of carbonyl (C=O) groups is 1. The van der Waals surface area contributed by atoms with Gasteiger partial charge in [0.25, 0.3) is 11.7 Å². The highest BCUT2D eigenvalue weighted by Gasteiger charge is 2.44. The molecule has 1 amide bonds. The number of anilines is 2. The average molecular weight is 460 g/mol. The first-order chi connectivity index (χ1) is 15.3. The summed E-state index contributed by atoms with van der Waals surface area (Å²) in [5, 5.41) is 8.16. The molecule has 2 heterocycles. The Labute approximate surface area is 186 Å². The fourth-order valence-corrected chi connectivity index (χ4v) is 4.98. The number of ether oxygens (including phenoxy) is 3. The minimum Gasteiger partial charge on any atom is -0.448 e. The van der Waals surface area contributed by atoms with Crippen LogP contribution in [-0.2, 0) is 14.8 Å². The summed E-state index contributed by atoms with van der Waals surface area (Å²) in [5.41, 5.74) is 1.38. The fraction of sp³-hybridized carbons (Fsp3) is 0.409. The van der Waals surface area contributed by atoms with Crippen LogP contribution in [-0.4, -0.2) is 46.4 Å². The van der Waals surface area contributed by atoms with Crippen molar-refractivity contribution in [3.05, 3.63) is 42.0 Å². The number of morpholine rings is 1. The van der Waals surface area contributed by atoms with Crippen molar-refractivity contribution in [3.63, 3.8) is 0 Å². The molecule has 9 nitrogen and oxygen atoms in total. The minimum absolute atomic E-state index is 0.117. The zero-order valence-corrected chi connectivity index (χ0v) is 18.3. The van der Waals surface area contributed by atoms with Gasteiger partial charge in [0.05, 0.1) is 23.7 Å². The molecule has 170 valence electrons. The van der Waals surface area contributed by atoms with E-state index in [9.17, 15) is 13.2 Å². The van der Waals surface area contributed by atoms with Crippen LogP contribution in [0.3, 0.4) is 0 Å². The van der Waals surface area contributed by atoms with E-state index >= 15 is 0 Å². The van der Waals surface area contributed by atoms with Gasteiger partial charge in [0.2, 0.25) is 10.0 Å². The summed E-state index contributed by atoms with van der Waals surface area (Å²) in [6.45, 7) is 2.26. The van der Waals surface area contributed by atoms with Gasteiger partial charge in [-0.1, -0.05) is 0 Å². The highest BCUT2D eigenvalue weighted by molar-refractivity contribution is 7.89. The van der Waals surface area contributed by atoms with Crippen LogP contribution in [0.2, 0.25) is 0 Å². The molecule has 0 bridgehead atoms. The minimum atomic E-state index is -3.96. The summed E-state index contributed by atoms with van der Waals surface area (Å²) in [6.07, 6.45) is 3.80. The summed E-state index contributed by atoms with van der Waals surface area (Å²) >= 11 is 0. The number of nitrogens with one attached hydrogen (secondary N) is 1. The third-order valence-corrected chi connectivity index (χ3v) is 6.96. The van der Waals surface area contributed by atoms with Crippen molar-refractivity contribution in [3.8, 4) is 11.5 Å². The van der Waals surface area contributed by atoms with E-state index in [0.717, 1.165) is 25.7 Å². The number of benzene rings is 2. The second-order valence-electron chi connectivity index (χ2n) is 8.26. The number of sulfonamides is 1. The molecule has 0 unspecified atom stereocenters. The Kier molecular flexibility index (Phi) is 5.23. The summed E-state index contributed by atoms with van der Waals surface area (Å²) < 4.78 is 41.3. The van der Waals surface area contributed by atoms with Gasteiger partial charge in [-0.15, -0.1) is 0 Å². The lowest BCUT2D eigenvalue weighted by Crippen LogP contribution is -2.37. The Hall–Kier alpha value is -2.82. The molecule has 1 spiro atoms. The summed E-state index contributed by atoms with van der Waals surface area (Å²) in [4.78, 5) is 15.1. The third kappa shape index (κ3) is 4.01. The topological polar surface area (TPSA) is 120 Å². The van der Waals surface area contributed by atoms with Gasteiger partial charge in [0, 0.05) is 43.4 Å². The second kappa shape index (κ2) is 7.95. The van der Waals surface area contributed by atoms with Gasteiger partial charge in [-0.05, 0) is 43.2 Å². The zero-order chi connectivity index (χ0) is 22.3. The van der Waals surface area contributed by atoms with E-state index in [2.05, 4.69) is 5.32 Å². The summed E-state index contributed by atoms with van der Waals surface area (Å²) in [5.74, 6) is 0.233. The predicted octanol–water partition coefficient (Wildman–Crippen LogP) is 2.46. The number of nitrogens with two attached hydrogens (primary N) is 1. The molecule has 1 aliphatic carbocycles. The molecule has 3 aliphatic rings. The number of carbonyl (C=O) groups excluding carboxylic acids is 1. The molecule has 10 heteroatoms. The Morgan fingerprint density at radius 1 is 1.00 bits per heavy atom. The van der Waals surface area contributed by atoms with Crippen molar-refractivity contribution in [1.82, 2.24) is 0 Å². The molecule has 32 heavy (non-hydrogen) atoms. The van der Waals surface area contributed by atoms with Crippen molar-refractivity contribution in [2.75, 3.05) is 36.5 Å². The van der Waals surface area contributed by atoms with Gasteiger partial charge in [-0.2, -0.15) is 0 Å². The van der Waals surface area contributed by atoms with Crippen LogP contribution >= 0.6 is 0 Å². The van der Waals surface area contributed by atoms with Crippen LogP contribution in [0.1, 0.15) is 36.0 Å². The number of fused-ring (bicyclic) bond motifs is 1. The maximum Gasteiger partial charge on any atom is 0.257 e. The van der Waals surface area contributed by atoms with Gasteiger partial charge >= 0.3 is 0 Å². The monoisotopic (exact) mass is 459 g/mol. The number of hydrogen-bond donors (Lipinski definition) is 2. The molecule has 2 aliphatic heterocycles. The van der Waals surface area contributed by atoms with Crippen molar-refractivity contribution >= 4 is 27.3 Å². The smallest absolute Gasteiger partial charge is 0.257 e. The number of amides is 1. The standard InChI is InChI=1S/C22H25N3O6S/c23-32(27,28)16-4-5-18(25-9-11-29-12-10-25)17(14-16)21(26)24-15-3-6-19-20(13-15)31-22(30-19)7-1-2-8-22/h3-6,13-14H,1-2,7-12H2,(H,24,26)(H2,23,27,28). The predicted molar refractivity (Wildman–Crippen MR) is 118 cm³/mol. The van der Waals surface area contributed by atoms with Crippen LogP contribution in [0.25, 0.3) is 0 Å². The third-order valence-electron chi connectivity index (χ3n) is 6.05. The summed E-state index contributed by atoms with van der Waals surface area (Å²) in [7, 11) is -3.96. The van der Waals surface area contributed by atoms with E-state index < -0.39 is 21.7 Å². The maximum absolute atomic E-state index is 13.2. The number of rotatable bonds is 4. The lowest BCUT2D eigenvalue weighted by atomic mass is 10.1. The van der Waals surface area contributed by atoms with E-state index in [1.165, 1.54) is 12.1 Å². The fourth-order valence-electron chi connectivity index (χ4n) is 4.44. The SMILES string of the molecule is NS(=O)(=O)c1ccc(N2CCOCC2)c(C(=O)Nc2ccc3c(c2)OC2(CCCC2)O3)c1. The van der Waals surface area contributed by atoms with Crippen molar-refractivity contribution in [1.29, 1.82) is 0 Å². The zero-order valence-electron chi connectivity index (χ0n) is 17.5. The van der Waals surface area contributed by atoms with Gasteiger partial charge in [-0.3, -0.25) is 4.79 Å². The maximum atomic E-state index is 13.2. The van der Waals surface area contributed by atoms with E-state index in [1.807, 2.05) is 4.90 Å². The molecular weight excluding hydrogens is 434 g/mol. The number of primary sulfonamides is 1. The van der Waals surface area contributed by atoms with E-state index in [0.29, 0.717) is 49.2 Å². The van der Waals surface area contributed by atoms with Crippen LogP contribution in [0, 0.1) is 0 Å². The molecular formula is C22H25N3O6S. The molecule has 0 radical (unpaired) electrons. The van der Waals surface area contributed by atoms with Crippen molar-refractivity contribution in [2.45, 2.75) is 36.4 Å². The first kappa shape index (κ1) is 21.0. The van der Waals surface area contributed by atoms with E-state index in [4.69, 9.17) is 19.3 Å². The Morgan fingerprint density at radius 3 is 2.44 bits per heavy atom. The first-order valence-corrected chi connectivity index (χ1v) is 12.2. The Morgan fingerprint density at radius 2 is 1.72 bits per heavy atom. The molecule has 1 saturated carbocycles. The molecule has 0 aromatic heterocycles. The molecule has 2 fully saturated rings. The largest absolute Gasteiger partial charge is 0.448 e. The highest BCUT2D eigenvalue weighted by Crippen LogP contribution is 2.47. The van der Waals surface area contributed by atoms with E-state index in [1.54, 1.807) is 24.3 Å². The normalized spacial score (nSPS) is 19.3. The molecule has 3 N–H and O–H groups in total. The van der Waals surface area contributed by atoms with Gasteiger partial charge in [0.1, 0.15) is 0 Å². The lowest BCUT2D eigenvalue weighted by Gasteiger charge is -2.30. The van der Waals surface area contributed by atoms with Gasteiger partial charge < -0.3 is 24.4 Å². The van der Waals surface area contributed by atoms with Crippen molar-refractivity contribution < 1.29 is 27.4 Å². The van der Waals surface area contributed by atoms with Crippen LogP contribution < -0.4 is 24.8 Å². The van der Waals surface area contributed by atoms with Gasteiger partial charge in [-0.25, -0.2) is 13.6 Å². The first-order valence-electron chi connectivity index (χ1n) is 10.7. The molecule has 1 saturated heterocycles. The highest BCUT2D eigenvalue weighted by atomic mass is 32.2. The Balaban J connectivity index is 1.43. The molecule has 0 atom stereocenters. The van der Waals surface area contributed by atoms with Crippen LogP contribution in [0.4, 0.5) is 11.4 Å². The number of nitrogens with zero attached hydrogens (tertiary/aromatic N) is 1. The average Bonchev–Trinajstić information content (AvgIpc) is 3.38.